The molecule has 0 bridgehead atoms. The Hall–Kier alpha value is -0.780. The first-order valence-electron chi connectivity index (χ1n) is 4.48. The fourth-order valence-corrected chi connectivity index (χ4v) is 1.88. The van der Waals surface area contributed by atoms with Crippen LogP contribution in [0.25, 0.3) is 0 Å². The van der Waals surface area contributed by atoms with Crippen LogP contribution < -0.4 is 0 Å². The molecular weight excluding hydrogens is 132 g/mol. The van der Waals surface area contributed by atoms with E-state index in [0.717, 1.165) is 12.3 Å². The summed E-state index contributed by atoms with van der Waals surface area (Å²) in [5.74, 6) is 0.836. The molecule has 0 fully saturated rings. The van der Waals surface area contributed by atoms with E-state index >= 15 is 0 Å². The van der Waals surface area contributed by atoms with Crippen LogP contribution in [0.1, 0.15) is 25.7 Å². The van der Waals surface area contributed by atoms with Crippen LogP contribution in [0, 0.1) is 5.92 Å². The lowest BCUT2D eigenvalue weighted by Gasteiger charge is -2.10. The predicted molar refractivity (Wildman–Crippen MR) is 48.3 cm³/mol. The molecule has 0 aromatic rings. The summed E-state index contributed by atoms with van der Waals surface area (Å²) in [7, 11) is 0. The van der Waals surface area contributed by atoms with Gasteiger partial charge in [0.05, 0.1) is 0 Å². The van der Waals surface area contributed by atoms with Crippen molar-refractivity contribution in [2.75, 3.05) is 0 Å². The van der Waals surface area contributed by atoms with Crippen LogP contribution in [-0.4, -0.2) is 0 Å². The monoisotopic (exact) mass is 146 g/mol. The van der Waals surface area contributed by atoms with E-state index in [0.29, 0.717) is 0 Å². The number of fused-ring (bicyclic) bond motifs is 1. The quantitative estimate of drug-likeness (QED) is 0.460. The Labute approximate surface area is 68.3 Å². The van der Waals surface area contributed by atoms with Crippen LogP contribution in [0.5, 0.6) is 0 Å². The molecule has 0 aliphatic heterocycles. The van der Waals surface area contributed by atoms with Crippen LogP contribution in [0.3, 0.4) is 0 Å². The van der Waals surface area contributed by atoms with Crippen molar-refractivity contribution in [3.63, 3.8) is 0 Å². The number of hydrogen-bond acceptors (Lipinski definition) is 0. The summed E-state index contributed by atoms with van der Waals surface area (Å²) in [4.78, 5) is 0. The molecule has 2 aliphatic carbocycles. The Bertz CT molecular complexity index is 218. The second-order valence-electron chi connectivity index (χ2n) is 3.32. The zero-order valence-corrected chi connectivity index (χ0v) is 6.79. The highest BCUT2D eigenvalue weighted by atomic mass is 14.2. The zero-order chi connectivity index (χ0) is 7.52. The molecule has 0 aromatic carbocycles. The fraction of sp³-hybridized carbons (Fsp3) is 0.455. The summed E-state index contributed by atoms with van der Waals surface area (Å²) >= 11 is 0. The summed E-state index contributed by atoms with van der Waals surface area (Å²) in [6.45, 7) is 0. The Balaban J connectivity index is 2.17. The van der Waals surface area contributed by atoms with Gasteiger partial charge in [0.25, 0.3) is 0 Å². The van der Waals surface area contributed by atoms with E-state index in [9.17, 15) is 0 Å². The molecule has 0 amide bonds. The minimum absolute atomic E-state index is 0.836. The van der Waals surface area contributed by atoms with E-state index < -0.39 is 0 Å². The van der Waals surface area contributed by atoms with Gasteiger partial charge < -0.3 is 0 Å². The zero-order valence-electron chi connectivity index (χ0n) is 6.79. The Morgan fingerprint density at radius 3 is 3.18 bits per heavy atom. The van der Waals surface area contributed by atoms with Gasteiger partial charge in [0.1, 0.15) is 0 Å². The first kappa shape index (κ1) is 6.90. The molecule has 11 heavy (non-hydrogen) atoms. The highest BCUT2D eigenvalue weighted by Crippen LogP contribution is 2.30. The van der Waals surface area contributed by atoms with E-state index in [1.807, 2.05) is 0 Å². The third-order valence-electron chi connectivity index (χ3n) is 2.54. The lowest BCUT2D eigenvalue weighted by Crippen LogP contribution is -1.96. The molecular formula is C11H14. The van der Waals surface area contributed by atoms with Crippen LogP contribution in [0.4, 0.5) is 0 Å². The van der Waals surface area contributed by atoms with E-state index in [1.165, 1.54) is 19.3 Å². The highest BCUT2D eigenvalue weighted by Gasteiger charge is 2.15. The normalized spacial score (nSPS) is 34.9. The average Bonchev–Trinajstić information content (AvgIpc) is 2.35. The second-order valence-corrected chi connectivity index (χ2v) is 3.32. The van der Waals surface area contributed by atoms with Crippen molar-refractivity contribution in [2.45, 2.75) is 25.7 Å². The molecule has 0 saturated carbocycles. The van der Waals surface area contributed by atoms with Gasteiger partial charge in [-0.15, -0.1) is 0 Å². The number of rotatable bonds is 0. The first-order chi connectivity index (χ1) is 5.47. The summed E-state index contributed by atoms with van der Waals surface area (Å²) in [6.07, 6.45) is 16.6. The fourth-order valence-electron chi connectivity index (χ4n) is 1.88. The van der Waals surface area contributed by atoms with Crippen molar-refractivity contribution in [1.29, 1.82) is 0 Å². The van der Waals surface area contributed by atoms with Gasteiger partial charge >= 0.3 is 0 Å². The number of allylic oxidation sites excluding steroid dienone is 6. The van der Waals surface area contributed by atoms with Crippen molar-refractivity contribution < 1.29 is 0 Å². The van der Waals surface area contributed by atoms with Gasteiger partial charge in [-0.05, 0) is 37.2 Å². The largest absolute Gasteiger partial charge is 0.0876 e. The minimum Gasteiger partial charge on any atom is -0.0876 e. The van der Waals surface area contributed by atoms with Crippen molar-refractivity contribution in [3.05, 3.63) is 36.0 Å². The molecule has 2 rings (SSSR count). The molecule has 0 aromatic heterocycles. The molecule has 1 atom stereocenters. The smallest absolute Gasteiger partial charge is 0.0128 e. The first-order valence-corrected chi connectivity index (χ1v) is 4.48. The maximum atomic E-state index is 2.39. The lowest BCUT2D eigenvalue weighted by atomic mass is 9.95. The van der Waals surface area contributed by atoms with Gasteiger partial charge in [-0.1, -0.05) is 30.4 Å². The Kier molecular flexibility index (Phi) is 1.93. The maximum Gasteiger partial charge on any atom is -0.0128 e. The van der Waals surface area contributed by atoms with Gasteiger partial charge in [-0.25, -0.2) is 0 Å². The third kappa shape index (κ3) is 1.45. The Morgan fingerprint density at radius 2 is 2.18 bits per heavy atom. The molecule has 0 spiro atoms. The standard InChI is InChI=1S/C11H14/c1-2-4-7-11-9-5-8-10(11)6-3-1/h1,3-4,7,9-10H,2,5-6,8H2/b3-1-,7-4-. The minimum atomic E-state index is 0.836. The average molecular weight is 146 g/mol. The van der Waals surface area contributed by atoms with Gasteiger partial charge in [-0.3, -0.25) is 0 Å². The van der Waals surface area contributed by atoms with Crippen molar-refractivity contribution in [2.24, 2.45) is 5.92 Å². The summed E-state index contributed by atoms with van der Waals surface area (Å²) < 4.78 is 0. The van der Waals surface area contributed by atoms with Crippen LogP contribution in [-0.2, 0) is 0 Å². The van der Waals surface area contributed by atoms with Gasteiger partial charge in [0.2, 0.25) is 0 Å². The molecule has 0 heteroatoms. The molecule has 58 valence electrons. The van der Waals surface area contributed by atoms with Crippen LogP contribution >= 0.6 is 0 Å². The Morgan fingerprint density at radius 1 is 1.18 bits per heavy atom. The van der Waals surface area contributed by atoms with Crippen molar-refractivity contribution in [3.8, 4) is 0 Å². The summed E-state index contributed by atoms with van der Waals surface area (Å²) in [5, 5.41) is 0. The predicted octanol–water partition coefficient (Wildman–Crippen LogP) is 3.23. The van der Waals surface area contributed by atoms with Crippen LogP contribution in [0.15, 0.2) is 36.0 Å². The van der Waals surface area contributed by atoms with Crippen molar-refractivity contribution in [1.82, 2.24) is 0 Å². The van der Waals surface area contributed by atoms with Gasteiger partial charge in [0, 0.05) is 0 Å². The van der Waals surface area contributed by atoms with E-state index in [4.69, 9.17) is 0 Å². The van der Waals surface area contributed by atoms with E-state index in [1.54, 1.807) is 5.57 Å². The molecule has 0 radical (unpaired) electrons. The molecule has 1 unspecified atom stereocenters. The lowest BCUT2D eigenvalue weighted by molar-refractivity contribution is 0.622. The molecule has 0 N–H and O–H groups in total. The molecule has 0 nitrogen and oxygen atoms in total. The molecule has 2 aliphatic rings. The highest BCUT2D eigenvalue weighted by molar-refractivity contribution is 5.27. The topological polar surface area (TPSA) is 0 Å². The second kappa shape index (κ2) is 3.08. The SMILES string of the molecule is C1=C2/C=C\C/C=C\CC2CC1. The van der Waals surface area contributed by atoms with Crippen molar-refractivity contribution >= 4 is 0 Å². The maximum absolute atomic E-state index is 2.39. The van der Waals surface area contributed by atoms with Gasteiger partial charge in [-0.2, -0.15) is 0 Å². The molecule has 0 saturated heterocycles. The third-order valence-corrected chi connectivity index (χ3v) is 2.54. The number of hydrogen-bond donors (Lipinski definition) is 0. The van der Waals surface area contributed by atoms with Crippen LogP contribution in [0.2, 0.25) is 0 Å². The van der Waals surface area contributed by atoms with Gasteiger partial charge in [0.15, 0.2) is 0 Å². The van der Waals surface area contributed by atoms with E-state index in [-0.39, 0.29) is 0 Å². The summed E-state index contributed by atoms with van der Waals surface area (Å²) in [6, 6.07) is 0. The summed E-state index contributed by atoms with van der Waals surface area (Å²) in [5.41, 5.74) is 1.58. The molecule has 0 heterocycles. The van der Waals surface area contributed by atoms with E-state index in [2.05, 4.69) is 30.4 Å².